The number of nitrogens with one attached hydrogen (secondary N) is 2. The molecule has 0 saturated carbocycles. The largest absolute Gasteiger partial charge is 0.382 e. The minimum atomic E-state index is -0.473. The number of carbonyl (C=O) groups is 1. The molecule has 5 nitrogen and oxygen atoms in total. The van der Waals surface area contributed by atoms with Gasteiger partial charge in [0.1, 0.15) is 0 Å². The van der Waals surface area contributed by atoms with E-state index in [0.29, 0.717) is 12.6 Å². The van der Waals surface area contributed by atoms with Crippen LogP contribution >= 0.6 is 24.8 Å². The Hall–Kier alpha value is -1.01. The minimum absolute atomic E-state index is 0. The molecule has 1 aliphatic heterocycles. The van der Waals surface area contributed by atoms with Crippen LogP contribution < -0.4 is 16.4 Å². The van der Waals surface area contributed by atoms with E-state index in [9.17, 15) is 4.79 Å². The molecule has 1 heterocycles. The van der Waals surface area contributed by atoms with Crippen molar-refractivity contribution in [1.29, 1.82) is 0 Å². The van der Waals surface area contributed by atoms with Gasteiger partial charge in [-0.15, -0.1) is 24.8 Å². The number of ether oxygens (including phenoxy) is 1. The summed E-state index contributed by atoms with van der Waals surface area (Å²) >= 11 is 0. The van der Waals surface area contributed by atoms with Crippen molar-refractivity contribution in [3.05, 3.63) is 24.3 Å². The van der Waals surface area contributed by atoms with Gasteiger partial charge in [-0.2, -0.15) is 0 Å². The van der Waals surface area contributed by atoms with Gasteiger partial charge >= 0.3 is 0 Å². The molecule has 0 spiro atoms. The molecule has 1 saturated heterocycles. The molecule has 1 aromatic carbocycles. The molecule has 0 radical (unpaired) electrons. The number of hydrogen-bond acceptors (Lipinski definition) is 4. The van der Waals surface area contributed by atoms with Gasteiger partial charge in [-0.1, -0.05) is 13.8 Å². The highest BCUT2D eigenvalue weighted by Gasteiger charge is 2.33. The summed E-state index contributed by atoms with van der Waals surface area (Å²) in [6, 6.07) is 8.35. The lowest BCUT2D eigenvalue weighted by Crippen LogP contribution is -2.41. The van der Waals surface area contributed by atoms with E-state index < -0.39 is 5.41 Å². The number of amides is 1. The van der Waals surface area contributed by atoms with Gasteiger partial charge in [-0.05, 0) is 49.9 Å². The summed E-state index contributed by atoms with van der Waals surface area (Å²) < 4.78 is 5.37. The van der Waals surface area contributed by atoms with Crippen LogP contribution in [0.15, 0.2) is 24.3 Å². The van der Waals surface area contributed by atoms with Crippen LogP contribution in [0, 0.1) is 5.41 Å². The number of nitrogens with two attached hydrogens (primary N) is 1. The van der Waals surface area contributed by atoms with E-state index in [1.54, 1.807) is 0 Å². The quantitative estimate of drug-likeness (QED) is 0.659. The number of halogens is 2. The molecular weight excluding hydrogens is 361 g/mol. The minimum Gasteiger partial charge on any atom is -0.382 e. The van der Waals surface area contributed by atoms with E-state index in [2.05, 4.69) is 10.6 Å². The lowest BCUT2D eigenvalue weighted by atomic mass is 9.81. The van der Waals surface area contributed by atoms with E-state index in [4.69, 9.17) is 10.5 Å². The second-order valence-corrected chi connectivity index (χ2v) is 6.25. The zero-order chi connectivity index (χ0) is 16.7. The Morgan fingerprint density at radius 1 is 1.12 bits per heavy atom. The predicted octanol–water partition coefficient (Wildman–Crippen LogP) is 3.82. The standard InChI is InChI=1S/C18H29N3O2.2ClH/c1-3-18(4-2,13-19)17(22)21-15-7-5-14(6-8-15)20-16-9-11-23-12-10-16;;/h5-8,16,20H,3-4,9-13,19H2,1-2H3,(H,21,22);2*1H. The van der Waals surface area contributed by atoms with Crippen LogP contribution in [0.3, 0.4) is 0 Å². The number of carbonyl (C=O) groups excluding carboxylic acids is 1. The topological polar surface area (TPSA) is 76.4 Å². The van der Waals surface area contributed by atoms with Crippen molar-refractivity contribution >= 4 is 42.1 Å². The third-order valence-corrected chi connectivity index (χ3v) is 4.96. The van der Waals surface area contributed by atoms with Gasteiger partial charge in [0.2, 0.25) is 5.91 Å². The fourth-order valence-electron chi connectivity index (χ4n) is 2.94. The summed E-state index contributed by atoms with van der Waals surface area (Å²) in [6.07, 6.45) is 3.56. The van der Waals surface area contributed by atoms with Gasteiger partial charge in [0.15, 0.2) is 0 Å². The van der Waals surface area contributed by atoms with Gasteiger partial charge < -0.3 is 21.1 Å². The summed E-state index contributed by atoms with van der Waals surface area (Å²) in [5, 5.41) is 6.51. The molecule has 2 rings (SSSR count). The van der Waals surface area contributed by atoms with E-state index in [-0.39, 0.29) is 30.7 Å². The zero-order valence-electron chi connectivity index (χ0n) is 15.0. The molecule has 144 valence electrons. The Morgan fingerprint density at radius 2 is 1.64 bits per heavy atom. The van der Waals surface area contributed by atoms with Crippen LogP contribution in [0.4, 0.5) is 11.4 Å². The molecule has 0 bridgehead atoms. The van der Waals surface area contributed by atoms with E-state index >= 15 is 0 Å². The second-order valence-electron chi connectivity index (χ2n) is 6.25. The van der Waals surface area contributed by atoms with Gasteiger partial charge in [0.25, 0.3) is 0 Å². The third-order valence-electron chi connectivity index (χ3n) is 4.96. The number of benzene rings is 1. The molecule has 0 unspecified atom stereocenters. The van der Waals surface area contributed by atoms with Crippen LogP contribution in [-0.2, 0) is 9.53 Å². The van der Waals surface area contributed by atoms with Crippen molar-refractivity contribution in [1.82, 2.24) is 0 Å². The number of anilines is 2. The van der Waals surface area contributed by atoms with Crippen LogP contribution in [0.25, 0.3) is 0 Å². The monoisotopic (exact) mass is 391 g/mol. The first-order valence-electron chi connectivity index (χ1n) is 8.59. The molecule has 1 fully saturated rings. The summed E-state index contributed by atoms with van der Waals surface area (Å²) in [5.41, 5.74) is 7.24. The average Bonchev–Trinajstić information content (AvgIpc) is 2.60. The molecule has 25 heavy (non-hydrogen) atoms. The summed E-state index contributed by atoms with van der Waals surface area (Å²) in [6.45, 7) is 6.03. The van der Waals surface area contributed by atoms with Gasteiger partial charge in [-0.25, -0.2) is 0 Å². The first-order chi connectivity index (χ1) is 11.1. The van der Waals surface area contributed by atoms with Gasteiger partial charge in [0, 0.05) is 37.2 Å². The molecule has 4 N–H and O–H groups in total. The molecule has 1 aromatic rings. The molecule has 0 aromatic heterocycles. The highest BCUT2D eigenvalue weighted by Crippen LogP contribution is 2.27. The maximum absolute atomic E-state index is 12.5. The fraction of sp³-hybridized carbons (Fsp3) is 0.611. The highest BCUT2D eigenvalue weighted by atomic mass is 35.5. The van der Waals surface area contributed by atoms with Crippen LogP contribution in [0.2, 0.25) is 0 Å². The maximum Gasteiger partial charge on any atom is 0.231 e. The third kappa shape index (κ3) is 6.33. The molecule has 1 amide bonds. The molecular formula is C18H31Cl2N3O2. The first kappa shape index (κ1) is 24.0. The van der Waals surface area contributed by atoms with E-state index in [1.807, 2.05) is 38.1 Å². The number of rotatable bonds is 7. The lowest BCUT2D eigenvalue weighted by molar-refractivity contribution is -0.125. The Labute approximate surface area is 163 Å². The normalized spacial score (nSPS) is 14.8. The molecule has 0 atom stereocenters. The van der Waals surface area contributed by atoms with Crippen LogP contribution in [0.1, 0.15) is 39.5 Å². The Kier molecular flexibility index (Phi) is 11.1. The summed E-state index contributed by atoms with van der Waals surface area (Å²) in [7, 11) is 0. The van der Waals surface area contributed by atoms with E-state index in [1.165, 1.54) is 0 Å². The molecule has 7 heteroatoms. The SMILES string of the molecule is CCC(CC)(CN)C(=O)Nc1ccc(NC2CCOCC2)cc1.Cl.Cl. The van der Waals surface area contributed by atoms with Crippen molar-refractivity contribution in [2.45, 2.75) is 45.6 Å². The van der Waals surface area contributed by atoms with E-state index in [0.717, 1.165) is 50.3 Å². The second kappa shape index (κ2) is 11.6. The Balaban J connectivity index is 0.00000288. The van der Waals surface area contributed by atoms with Crippen molar-refractivity contribution in [2.75, 3.05) is 30.4 Å². The van der Waals surface area contributed by atoms with Gasteiger partial charge in [0.05, 0.1) is 5.41 Å². The predicted molar refractivity (Wildman–Crippen MR) is 109 cm³/mol. The van der Waals surface area contributed by atoms with Crippen molar-refractivity contribution in [2.24, 2.45) is 11.1 Å². The maximum atomic E-state index is 12.5. The Morgan fingerprint density at radius 3 is 2.12 bits per heavy atom. The fourth-order valence-corrected chi connectivity index (χ4v) is 2.94. The van der Waals surface area contributed by atoms with Crippen molar-refractivity contribution < 1.29 is 9.53 Å². The van der Waals surface area contributed by atoms with Crippen LogP contribution in [0.5, 0.6) is 0 Å². The first-order valence-corrected chi connectivity index (χ1v) is 8.59. The Bertz CT molecular complexity index is 493. The lowest BCUT2D eigenvalue weighted by Gasteiger charge is -2.28. The van der Waals surface area contributed by atoms with Crippen LogP contribution in [-0.4, -0.2) is 31.7 Å². The smallest absolute Gasteiger partial charge is 0.231 e. The number of hydrogen-bond donors (Lipinski definition) is 3. The summed E-state index contributed by atoms with van der Waals surface area (Å²) in [5.74, 6) is 0.00939. The van der Waals surface area contributed by atoms with Crippen molar-refractivity contribution in [3.63, 3.8) is 0 Å². The van der Waals surface area contributed by atoms with Crippen molar-refractivity contribution in [3.8, 4) is 0 Å². The molecule has 0 aliphatic carbocycles. The molecule has 1 aliphatic rings. The zero-order valence-corrected chi connectivity index (χ0v) is 16.7. The summed E-state index contributed by atoms with van der Waals surface area (Å²) in [4.78, 5) is 12.5. The van der Waals surface area contributed by atoms with Gasteiger partial charge in [-0.3, -0.25) is 4.79 Å². The highest BCUT2D eigenvalue weighted by molar-refractivity contribution is 5.95. The average molecular weight is 392 g/mol.